The molecule has 8 nitrogen and oxygen atoms in total. The zero-order valence-electron chi connectivity index (χ0n) is 29.8. The molecule has 1 aliphatic rings. The summed E-state index contributed by atoms with van der Waals surface area (Å²) in [5, 5.41) is -0.0761. The number of ether oxygens (including phenoxy) is 1. The van der Waals surface area contributed by atoms with Crippen LogP contribution in [-0.4, -0.2) is 50.5 Å². The maximum absolute atomic E-state index is 14.4. The van der Waals surface area contributed by atoms with Crippen molar-refractivity contribution in [2.45, 2.75) is 110 Å². The summed E-state index contributed by atoms with van der Waals surface area (Å²) in [7, 11) is -4.44. The minimum Gasteiger partial charge on any atom is -0.414 e. The number of hydrogen-bond donors (Lipinski definition) is 0. The van der Waals surface area contributed by atoms with Crippen LogP contribution in [0.25, 0.3) is 0 Å². The summed E-state index contributed by atoms with van der Waals surface area (Å²) in [5.41, 5.74) is -0.154. The minimum absolute atomic E-state index is 0.0116. The molecule has 0 N–H and O–H groups in total. The third kappa shape index (κ3) is 7.87. The van der Waals surface area contributed by atoms with Gasteiger partial charge in [0.1, 0.15) is 18.0 Å². The Kier molecular flexibility index (Phi) is 10.6. The lowest BCUT2D eigenvalue weighted by atomic mass is 10.1. The molecule has 0 spiro atoms. The van der Waals surface area contributed by atoms with Crippen LogP contribution in [0.5, 0.6) is 0 Å². The van der Waals surface area contributed by atoms with E-state index in [1.807, 2.05) is 30.3 Å². The van der Waals surface area contributed by atoms with Gasteiger partial charge in [-0.3, -0.25) is 14.2 Å². The van der Waals surface area contributed by atoms with Gasteiger partial charge in [-0.25, -0.2) is 4.79 Å². The van der Waals surface area contributed by atoms with Crippen molar-refractivity contribution in [3.63, 3.8) is 0 Å². The van der Waals surface area contributed by atoms with Crippen molar-refractivity contribution in [3.8, 4) is 11.8 Å². The molecule has 252 valence electrons. The lowest BCUT2D eigenvalue weighted by Gasteiger charge is -2.40. The number of hydrogen-bond acceptors (Lipinski definition) is 6. The quantitative estimate of drug-likeness (QED) is 0.196. The third-order valence-electron chi connectivity index (χ3n) is 9.98. The molecule has 47 heavy (non-hydrogen) atoms. The third-order valence-corrected chi connectivity index (χ3v) is 19.0. The topological polar surface area (TPSA) is 88.8 Å². The number of rotatable bonds is 7. The summed E-state index contributed by atoms with van der Waals surface area (Å²) in [6, 6.07) is 17.7. The Hall–Kier alpha value is -3.34. The predicted molar refractivity (Wildman–Crippen MR) is 192 cm³/mol. The Morgan fingerprint density at radius 1 is 0.872 bits per heavy atom. The van der Waals surface area contributed by atoms with Crippen LogP contribution in [0.3, 0.4) is 0 Å². The highest BCUT2D eigenvalue weighted by atomic mass is 28.4. The highest BCUT2D eigenvalue weighted by Crippen LogP contribution is 2.42. The minimum atomic E-state index is -2.28. The Balaban J connectivity index is 1.88. The molecular weight excluding hydrogens is 625 g/mol. The fourth-order valence-corrected chi connectivity index (χ4v) is 7.27. The van der Waals surface area contributed by atoms with Crippen molar-refractivity contribution in [1.82, 2.24) is 9.13 Å². The first kappa shape index (κ1) is 36.5. The average molecular weight is 675 g/mol. The lowest BCUT2D eigenvalue weighted by molar-refractivity contribution is -0.0418. The second-order valence-electron chi connectivity index (χ2n) is 15.4. The molecular formula is C37H50N2O6Si2. The van der Waals surface area contributed by atoms with Crippen LogP contribution in [0.4, 0.5) is 0 Å². The first-order valence-corrected chi connectivity index (χ1v) is 22.1. The maximum atomic E-state index is 14.4. The van der Waals surface area contributed by atoms with E-state index in [1.54, 1.807) is 37.3 Å². The molecule has 0 radical (unpaired) electrons. The number of benzene rings is 2. The van der Waals surface area contributed by atoms with Crippen molar-refractivity contribution in [2.75, 3.05) is 6.61 Å². The molecule has 2 heterocycles. The molecule has 1 aromatic heterocycles. The summed E-state index contributed by atoms with van der Waals surface area (Å²) in [5.74, 6) is 5.49. The van der Waals surface area contributed by atoms with E-state index in [0.29, 0.717) is 17.6 Å². The van der Waals surface area contributed by atoms with Gasteiger partial charge in [-0.05, 0) is 73.4 Å². The molecule has 1 fully saturated rings. The molecule has 0 saturated carbocycles. The van der Waals surface area contributed by atoms with Crippen LogP contribution >= 0.6 is 0 Å². The highest BCUT2D eigenvalue weighted by Gasteiger charge is 2.47. The van der Waals surface area contributed by atoms with Crippen molar-refractivity contribution in [3.05, 3.63) is 104 Å². The zero-order chi connectivity index (χ0) is 34.9. The van der Waals surface area contributed by atoms with Crippen LogP contribution in [0.1, 0.15) is 81.4 Å². The van der Waals surface area contributed by atoms with E-state index in [4.69, 9.17) is 13.6 Å². The normalized spacial score (nSPS) is 18.9. The summed E-state index contributed by atoms with van der Waals surface area (Å²) in [6.07, 6.45) is -1.37. The molecule has 3 aromatic rings. The summed E-state index contributed by atoms with van der Waals surface area (Å²) >= 11 is 0. The molecule has 0 aliphatic carbocycles. The second kappa shape index (κ2) is 13.6. The van der Waals surface area contributed by atoms with E-state index >= 15 is 0 Å². The van der Waals surface area contributed by atoms with Crippen LogP contribution in [-0.2, 0) is 13.6 Å². The van der Waals surface area contributed by atoms with E-state index in [0.717, 1.165) is 5.56 Å². The van der Waals surface area contributed by atoms with Gasteiger partial charge in [0.15, 0.2) is 16.6 Å². The molecule has 0 bridgehead atoms. The highest BCUT2D eigenvalue weighted by molar-refractivity contribution is 6.74. The molecule has 2 aromatic carbocycles. The SMILES string of the molecule is Cc1c(C#Cc2ccccc2)n([C@H]2C[C@H](O[Si](C)(C)C(C)(C)C)[C@@H](CO[Si](C)(C)C(C)(C)C)O2)c(=O)n(C(=O)c2ccccc2)c1=O. The van der Waals surface area contributed by atoms with E-state index < -0.39 is 46.1 Å². The predicted octanol–water partition coefficient (Wildman–Crippen LogP) is 7.11. The van der Waals surface area contributed by atoms with Gasteiger partial charge in [0.25, 0.3) is 11.5 Å². The first-order chi connectivity index (χ1) is 21.7. The van der Waals surface area contributed by atoms with Gasteiger partial charge in [0.05, 0.1) is 12.7 Å². The van der Waals surface area contributed by atoms with E-state index in [2.05, 4.69) is 79.6 Å². The molecule has 4 rings (SSSR count). The number of carbonyl (C=O) groups excluding carboxylic acids is 1. The van der Waals surface area contributed by atoms with Crippen molar-refractivity contribution in [1.29, 1.82) is 0 Å². The molecule has 1 aliphatic heterocycles. The van der Waals surface area contributed by atoms with Gasteiger partial charge in [-0.2, -0.15) is 4.57 Å². The van der Waals surface area contributed by atoms with Crippen molar-refractivity contribution in [2.24, 2.45) is 0 Å². The van der Waals surface area contributed by atoms with E-state index in [-0.39, 0.29) is 33.0 Å². The molecule has 10 heteroatoms. The number of nitrogens with zero attached hydrogens (tertiary/aromatic N) is 2. The summed E-state index contributed by atoms with van der Waals surface area (Å²) in [4.78, 5) is 41.8. The Morgan fingerprint density at radius 2 is 1.43 bits per heavy atom. The lowest BCUT2D eigenvalue weighted by Crippen LogP contribution is -2.48. The van der Waals surface area contributed by atoms with Gasteiger partial charge in [-0.1, -0.05) is 83.9 Å². The second-order valence-corrected chi connectivity index (χ2v) is 25.0. The fourth-order valence-electron chi connectivity index (χ4n) is 4.90. The zero-order valence-corrected chi connectivity index (χ0v) is 31.8. The molecule has 1 saturated heterocycles. The standard InChI is InChI=1S/C37H50N2O6Si2/c1-26-29(23-22-27-18-14-12-15-19-27)38(35(42)39(33(26)40)34(41)28-20-16-13-17-21-28)32-24-30(45-47(10,11)37(5,6)7)31(44-32)25-43-46(8,9)36(2,3)4/h12-21,30-32H,24-25H2,1-11H3/t30-,31+,32+/m0/s1. The maximum Gasteiger partial charge on any atom is 0.341 e. The summed E-state index contributed by atoms with van der Waals surface area (Å²) < 4.78 is 22.4. The first-order valence-electron chi connectivity index (χ1n) is 16.3. The monoisotopic (exact) mass is 674 g/mol. The Labute approximate surface area is 281 Å². The van der Waals surface area contributed by atoms with E-state index in [1.165, 1.54) is 4.57 Å². The fraction of sp³-hybridized carbons (Fsp3) is 0.486. The van der Waals surface area contributed by atoms with E-state index in [9.17, 15) is 14.4 Å². The number of aromatic nitrogens is 2. The smallest absolute Gasteiger partial charge is 0.341 e. The van der Waals surface area contributed by atoms with Crippen LogP contribution in [0, 0.1) is 18.8 Å². The van der Waals surface area contributed by atoms with Crippen molar-refractivity contribution < 1.29 is 18.4 Å². The van der Waals surface area contributed by atoms with Crippen LogP contribution in [0.2, 0.25) is 36.3 Å². The average Bonchev–Trinajstić information content (AvgIpc) is 3.38. The molecule has 0 unspecified atom stereocenters. The van der Waals surface area contributed by atoms with Gasteiger partial charge < -0.3 is 13.6 Å². The Bertz CT molecular complexity index is 1770. The molecule has 0 amide bonds. The van der Waals surface area contributed by atoms with Crippen LogP contribution < -0.4 is 11.2 Å². The largest absolute Gasteiger partial charge is 0.414 e. The van der Waals surface area contributed by atoms with Gasteiger partial charge >= 0.3 is 5.69 Å². The van der Waals surface area contributed by atoms with Crippen molar-refractivity contribution >= 4 is 22.5 Å². The number of carbonyl (C=O) groups is 1. The van der Waals surface area contributed by atoms with Gasteiger partial charge in [-0.15, -0.1) is 0 Å². The molecule has 3 atom stereocenters. The van der Waals surface area contributed by atoms with Gasteiger partial charge in [0.2, 0.25) is 0 Å². The summed E-state index contributed by atoms with van der Waals surface area (Å²) in [6.45, 7) is 23.8. The van der Waals surface area contributed by atoms with Crippen LogP contribution in [0.15, 0.2) is 70.3 Å². The van der Waals surface area contributed by atoms with Gasteiger partial charge in [0, 0.05) is 23.1 Å². The Morgan fingerprint density at radius 3 is 1.98 bits per heavy atom.